The monoisotopic (exact) mass is 283 g/mol. The van der Waals surface area contributed by atoms with Crippen molar-refractivity contribution in [2.45, 2.75) is 31.9 Å². The standard InChI is InChI=1S/C14H18ClNO3/c1-9(17)12-7-10(15)3-6-13(12)19-8-14(18)16(2)11-4-5-11/h3,6-7,9,11,17H,4-5,8H2,1-2H3/t9-/m1/s1. The minimum absolute atomic E-state index is 0.0195. The third-order valence-electron chi connectivity index (χ3n) is 3.26. The van der Waals surface area contributed by atoms with Gasteiger partial charge in [0.1, 0.15) is 5.75 Å². The molecule has 1 saturated carbocycles. The second kappa shape index (κ2) is 5.80. The van der Waals surface area contributed by atoms with Crippen LogP contribution in [0.15, 0.2) is 18.2 Å². The first-order chi connectivity index (χ1) is 8.99. The summed E-state index contributed by atoms with van der Waals surface area (Å²) < 4.78 is 5.50. The predicted molar refractivity (Wildman–Crippen MR) is 73.4 cm³/mol. The highest BCUT2D eigenvalue weighted by atomic mass is 35.5. The number of hydrogen-bond acceptors (Lipinski definition) is 3. The fourth-order valence-corrected chi connectivity index (χ4v) is 2.06. The molecule has 0 saturated heterocycles. The van der Waals surface area contributed by atoms with Gasteiger partial charge in [-0.3, -0.25) is 4.79 Å². The van der Waals surface area contributed by atoms with E-state index >= 15 is 0 Å². The zero-order valence-electron chi connectivity index (χ0n) is 11.1. The van der Waals surface area contributed by atoms with Crippen molar-refractivity contribution in [2.24, 2.45) is 0 Å². The van der Waals surface area contributed by atoms with Crippen molar-refractivity contribution < 1.29 is 14.6 Å². The Balaban J connectivity index is 2.00. The highest BCUT2D eigenvalue weighted by Crippen LogP contribution is 2.29. The second-order valence-corrected chi connectivity index (χ2v) is 5.32. The van der Waals surface area contributed by atoms with Crippen LogP contribution < -0.4 is 4.74 Å². The van der Waals surface area contributed by atoms with E-state index in [-0.39, 0.29) is 12.5 Å². The summed E-state index contributed by atoms with van der Waals surface area (Å²) >= 11 is 5.88. The Hall–Kier alpha value is -1.26. The molecule has 0 bridgehead atoms. The van der Waals surface area contributed by atoms with E-state index in [1.807, 2.05) is 0 Å². The van der Waals surface area contributed by atoms with E-state index < -0.39 is 6.10 Å². The van der Waals surface area contributed by atoms with Crippen LogP contribution in [0.3, 0.4) is 0 Å². The summed E-state index contributed by atoms with van der Waals surface area (Å²) in [6.07, 6.45) is 1.45. The molecule has 0 heterocycles. The van der Waals surface area contributed by atoms with Gasteiger partial charge in [0.25, 0.3) is 5.91 Å². The topological polar surface area (TPSA) is 49.8 Å². The summed E-state index contributed by atoms with van der Waals surface area (Å²) in [7, 11) is 1.79. The SMILES string of the molecule is C[C@@H](O)c1cc(Cl)ccc1OCC(=O)N(C)C1CC1. The van der Waals surface area contributed by atoms with E-state index in [9.17, 15) is 9.90 Å². The van der Waals surface area contributed by atoms with Gasteiger partial charge >= 0.3 is 0 Å². The number of likely N-dealkylation sites (N-methyl/N-ethyl adjacent to an activating group) is 1. The number of aliphatic hydroxyl groups is 1. The lowest BCUT2D eigenvalue weighted by molar-refractivity contribution is -0.132. The molecule has 1 aromatic rings. The van der Waals surface area contributed by atoms with Crippen molar-refractivity contribution in [3.8, 4) is 5.75 Å². The summed E-state index contributed by atoms with van der Waals surface area (Å²) in [5.41, 5.74) is 0.592. The Morgan fingerprint density at radius 1 is 1.58 bits per heavy atom. The fraction of sp³-hybridized carbons (Fsp3) is 0.500. The van der Waals surface area contributed by atoms with Crippen LogP contribution in [0.25, 0.3) is 0 Å². The van der Waals surface area contributed by atoms with Crippen molar-refractivity contribution in [3.05, 3.63) is 28.8 Å². The highest BCUT2D eigenvalue weighted by molar-refractivity contribution is 6.30. The first-order valence-electron chi connectivity index (χ1n) is 6.35. The van der Waals surface area contributed by atoms with Crippen LogP contribution in [0.2, 0.25) is 5.02 Å². The number of nitrogens with zero attached hydrogens (tertiary/aromatic N) is 1. The third-order valence-corrected chi connectivity index (χ3v) is 3.50. The summed E-state index contributed by atoms with van der Waals surface area (Å²) in [5.74, 6) is 0.450. The van der Waals surface area contributed by atoms with E-state index in [4.69, 9.17) is 16.3 Å². The van der Waals surface area contributed by atoms with Crippen molar-refractivity contribution in [3.63, 3.8) is 0 Å². The normalized spacial score (nSPS) is 16.0. The molecule has 2 rings (SSSR count). The fourth-order valence-electron chi connectivity index (χ4n) is 1.88. The lowest BCUT2D eigenvalue weighted by atomic mass is 10.1. The summed E-state index contributed by atoms with van der Waals surface area (Å²) in [5, 5.41) is 10.2. The van der Waals surface area contributed by atoms with Gasteiger partial charge in [0, 0.05) is 23.7 Å². The molecule has 1 N–H and O–H groups in total. The van der Waals surface area contributed by atoms with E-state index in [0.29, 0.717) is 22.4 Å². The number of carbonyl (C=O) groups excluding carboxylic acids is 1. The van der Waals surface area contributed by atoms with Crippen LogP contribution in [0, 0.1) is 0 Å². The van der Waals surface area contributed by atoms with Gasteiger partial charge in [-0.15, -0.1) is 0 Å². The number of benzene rings is 1. The molecular formula is C14H18ClNO3. The maximum Gasteiger partial charge on any atom is 0.260 e. The van der Waals surface area contributed by atoms with Gasteiger partial charge in [-0.2, -0.15) is 0 Å². The maximum atomic E-state index is 11.9. The van der Waals surface area contributed by atoms with E-state index in [1.54, 1.807) is 37.1 Å². The highest BCUT2D eigenvalue weighted by Gasteiger charge is 2.29. The quantitative estimate of drug-likeness (QED) is 0.903. The number of carbonyl (C=O) groups is 1. The number of aliphatic hydroxyl groups excluding tert-OH is 1. The molecule has 0 aromatic heterocycles. The van der Waals surface area contributed by atoms with E-state index in [1.165, 1.54) is 0 Å². The number of halogens is 1. The van der Waals surface area contributed by atoms with Crippen LogP contribution in [-0.2, 0) is 4.79 Å². The number of hydrogen-bond donors (Lipinski definition) is 1. The smallest absolute Gasteiger partial charge is 0.260 e. The molecule has 0 spiro atoms. The van der Waals surface area contributed by atoms with Gasteiger partial charge in [-0.05, 0) is 38.0 Å². The largest absolute Gasteiger partial charge is 0.483 e. The minimum Gasteiger partial charge on any atom is -0.483 e. The molecular weight excluding hydrogens is 266 g/mol. The van der Waals surface area contributed by atoms with Crippen LogP contribution in [0.4, 0.5) is 0 Å². The number of ether oxygens (including phenoxy) is 1. The molecule has 19 heavy (non-hydrogen) atoms. The van der Waals surface area contributed by atoms with Crippen molar-refractivity contribution in [1.29, 1.82) is 0 Å². The third kappa shape index (κ3) is 3.61. The molecule has 1 amide bonds. The van der Waals surface area contributed by atoms with Crippen LogP contribution >= 0.6 is 11.6 Å². The Morgan fingerprint density at radius 3 is 2.84 bits per heavy atom. The molecule has 0 radical (unpaired) electrons. The van der Waals surface area contributed by atoms with Crippen molar-refractivity contribution in [1.82, 2.24) is 4.90 Å². The Labute approximate surface area is 117 Å². The summed E-state index contributed by atoms with van der Waals surface area (Å²) in [6, 6.07) is 5.38. The van der Waals surface area contributed by atoms with Gasteiger partial charge in [0.15, 0.2) is 6.61 Å². The number of rotatable bonds is 5. The van der Waals surface area contributed by atoms with Crippen LogP contribution in [-0.4, -0.2) is 35.6 Å². The summed E-state index contributed by atoms with van der Waals surface area (Å²) in [6.45, 7) is 1.62. The zero-order valence-corrected chi connectivity index (χ0v) is 11.9. The van der Waals surface area contributed by atoms with Gasteiger partial charge < -0.3 is 14.7 Å². The lowest BCUT2D eigenvalue weighted by Gasteiger charge is -2.18. The van der Waals surface area contributed by atoms with Crippen molar-refractivity contribution >= 4 is 17.5 Å². The van der Waals surface area contributed by atoms with E-state index in [2.05, 4.69) is 0 Å². The van der Waals surface area contributed by atoms with Crippen molar-refractivity contribution in [2.75, 3.05) is 13.7 Å². The first kappa shape index (κ1) is 14.2. The number of amides is 1. The molecule has 4 nitrogen and oxygen atoms in total. The minimum atomic E-state index is -0.690. The zero-order chi connectivity index (χ0) is 14.0. The molecule has 1 fully saturated rings. The van der Waals surface area contributed by atoms with Gasteiger partial charge in [-0.1, -0.05) is 11.6 Å². The average Bonchev–Trinajstić information content (AvgIpc) is 3.20. The Morgan fingerprint density at radius 2 is 2.26 bits per heavy atom. The molecule has 1 aliphatic carbocycles. The molecule has 1 aromatic carbocycles. The molecule has 1 atom stereocenters. The Kier molecular flexibility index (Phi) is 4.32. The lowest BCUT2D eigenvalue weighted by Crippen LogP contribution is -2.33. The Bertz CT molecular complexity index is 472. The molecule has 0 unspecified atom stereocenters. The van der Waals surface area contributed by atoms with Crippen LogP contribution in [0.1, 0.15) is 31.4 Å². The van der Waals surface area contributed by atoms with Gasteiger partial charge in [0.2, 0.25) is 0 Å². The second-order valence-electron chi connectivity index (χ2n) is 4.88. The van der Waals surface area contributed by atoms with Crippen LogP contribution in [0.5, 0.6) is 5.75 Å². The first-order valence-corrected chi connectivity index (χ1v) is 6.73. The van der Waals surface area contributed by atoms with E-state index in [0.717, 1.165) is 12.8 Å². The summed E-state index contributed by atoms with van der Waals surface area (Å²) in [4.78, 5) is 13.6. The maximum absolute atomic E-state index is 11.9. The average molecular weight is 284 g/mol. The molecule has 1 aliphatic rings. The molecule has 0 aliphatic heterocycles. The van der Waals surface area contributed by atoms with Gasteiger partial charge in [0.05, 0.1) is 6.10 Å². The molecule has 104 valence electrons. The molecule has 5 heteroatoms. The predicted octanol–water partition coefficient (Wildman–Crippen LogP) is 2.39. The van der Waals surface area contributed by atoms with Gasteiger partial charge in [-0.25, -0.2) is 0 Å².